The molecular weight excluding hydrogens is 302 g/mol. The molecule has 2 N–H and O–H groups in total. The van der Waals surface area contributed by atoms with Gasteiger partial charge in [0.25, 0.3) is 5.91 Å². The number of anilines is 2. The van der Waals surface area contributed by atoms with Crippen LogP contribution in [0.1, 0.15) is 10.4 Å². The van der Waals surface area contributed by atoms with E-state index < -0.39 is 4.92 Å². The third-order valence-electron chi connectivity index (χ3n) is 3.26. The Morgan fingerprint density at radius 2 is 1.87 bits per heavy atom. The molecule has 0 aliphatic carbocycles. The number of aromatic nitrogens is 2. The van der Waals surface area contributed by atoms with Crippen LogP contribution in [-0.2, 0) is 0 Å². The summed E-state index contributed by atoms with van der Waals surface area (Å²) in [6, 6.07) is 9.66. The maximum Gasteiger partial charge on any atom is 0.300 e. The number of benzene rings is 2. The number of nitro groups is 1. The van der Waals surface area contributed by atoms with Gasteiger partial charge in [-0.2, -0.15) is 0 Å². The number of amides is 1. The SMILES string of the molecule is CNC(=O)c1ccccc1Nc1ccc([N+](=O)[O-])c2nonc12. The molecular formula is C14H11N5O4. The summed E-state index contributed by atoms with van der Waals surface area (Å²) in [5.74, 6) is -0.260. The topological polar surface area (TPSA) is 123 Å². The van der Waals surface area contributed by atoms with Gasteiger partial charge in [-0.1, -0.05) is 12.1 Å². The summed E-state index contributed by atoms with van der Waals surface area (Å²) in [5.41, 5.74) is 1.46. The summed E-state index contributed by atoms with van der Waals surface area (Å²) >= 11 is 0. The summed E-state index contributed by atoms with van der Waals surface area (Å²) in [4.78, 5) is 22.3. The van der Waals surface area contributed by atoms with Crippen LogP contribution in [0.25, 0.3) is 11.0 Å². The minimum atomic E-state index is -0.561. The largest absolute Gasteiger partial charge is 0.355 e. The molecule has 0 aliphatic heterocycles. The van der Waals surface area contributed by atoms with Crippen molar-refractivity contribution in [2.24, 2.45) is 0 Å². The van der Waals surface area contributed by atoms with E-state index in [4.69, 9.17) is 0 Å². The summed E-state index contributed by atoms with van der Waals surface area (Å²) in [7, 11) is 1.53. The first-order valence-corrected chi connectivity index (χ1v) is 6.59. The van der Waals surface area contributed by atoms with Gasteiger partial charge in [-0.25, -0.2) is 4.63 Å². The second kappa shape index (κ2) is 5.72. The summed E-state index contributed by atoms with van der Waals surface area (Å²) in [6.07, 6.45) is 0. The average Bonchev–Trinajstić information content (AvgIpc) is 3.04. The minimum Gasteiger partial charge on any atom is -0.355 e. The number of nitrogens with one attached hydrogen (secondary N) is 2. The molecule has 0 spiro atoms. The van der Waals surface area contributed by atoms with Gasteiger partial charge in [-0.05, 0) is 28.5 Å². The van der Waals surface area contributed by atoms with Crippen LogP contribution >= 0.6 is 0 Å². The smallest absolute Gasteiger partial charge is 0.300 e. The maximum atomic E-state index is 11.9. The lowest BCUT2D eigenvalue weighted by atomic mass is 10.1. The fourth-order valence-electron chi connectivity index (χ4n) is 2.17. The molecule has 0 aliphatic rings. The first-order chi connectivity index (χ1) is 11.1. The van der Waals surface area contributed by atoms with Crippen molar-refractivity contribution >= 4 is 34.0 Å². The zero-order chi connectivity index (χ0) is 16.4. The highest BCUT2D eigenvalue weighted by Gasteiger charge is 2.20. The first kappa shape index (κ1) is 14.4. The van der Waals surface area contributed by atoms with Crippen LogP contribution in [0, 0.1) is 10.1 Å². The van der Waals surface area contributed by atoms with Crippen LogP contribution in [0.15, 0.2) is 41.0 Å². The van der Waals surface area contributed by atoms with E-state index in [9.17, 15) is 14.9 Å². The van der Waals surface area contributed by atoms with Crippen molar-refractivity contribution in [3.05, 3.63) is 52.1 Å². The molecule has 1 aromatic heterocycles. The highest BCUT2D eigenvalue weighted by Crippen LogP contribution is 2.31. The molecule has 0 bridgehead atoms. The van der Waals surface area contributed by atoms with Gasteiger partial charge in [0.15, 0.2) is 5.52 Å². The number of hydrogen-bond donors (Lipinski definition) is 2. The lowest BCUT2D eigenvalue weighted by Gasteiger charge is -2.11. The molecule has 9 heteroatoms. The van der Waals surface area contributed by atoms with Gasteiger partial charge in [0.05, 0.1) is 21.9 Å². The Morgan fingerprint density at radius 3 is 2.61 bits per heavy atom. The zero-order valence-electron chi connectivity index (χ0n) is 11.9. The number of carbonyl (C=O) groups is 1. The van der Waals surface area contributed by atoms with E-state index >= 15 is 0 Å². The monoisotopic (exact) mass is 313 g/mol. The molecule has 9 nitrogen and oxygen atoms in total. The number of carbonyl (C=O) groups excluding carboxylic acids is 1. The standard InChI is InChI=1S/C14H11N5O4/c1-15-14(20)8-4-2-3-5-9(8)16-10-6-7-11(19(21)22)13-12(10)17-23-18-13/h2-7,16H,1H3,(H,15,20). The Hall–Kier alpha value is -3.49. The molecule has 0 atom stereocenters. The number of non-ortho nitro benzene ring substituents is 1. The highest BCUT2D eigenvalue weighted by atomic mass is 16.6. The molecule has 0 saturated heterocycles. The number of hydrogen-bond acceptors (Lipinski definition) is 7. The van der Waals surface area contributed by atoms with E-state index in [1.54, 1.807) is 24.3 Å². The van der Waals surface area contributed by atoms with E-state index in [1.807, 2.05) is 0 Å². The Bertz CT molecular complexity index is 905. The van der Waals surface area contributed by atoms with Crippen molar-refractivity contribution in [3.8, 4) is 0 Å². The number of fused-ring (bicyclic) bond motifs is 1. The number of nitro benzene ring substituents is 1. The van der Waals surface area contributed by atoms with E-state index in [0.717, 1.165) is 0 Å². The fourth-order valence-corrected chi connectivity index (χ4v) is 2.17. The van der Waals surface area contributed by atoms with Gasteiger partial charge in [0.2, 0.25) is 5.52 Å². The molecule has 3 aromatic rings. The Labute approximate surface area is 129 Å². The third kappa shape index (κ3) is 2.55. The molecule has 0 saturated carbocycles. The molecule has 2 aromatic carbocycles. The van der Waals surface area contributed by atoms with E-state index in [-0.39, 0.29) is 22.6 Å². The molecule has 0 radical (unpaired) electrons. The molecule has 0 unspecified atom stereocenters. The second-order valence-corrected chi connectivity index (χ2v) is 4.60. The van der Waals surface area contributed by atoms with Crippen molar-refractivity contribution in [2.45, 2.75) is 0 Å². The third-order valence-corrected chi connectivity index (χ3v) is 3.26. The first-order valence-electron chi connectivity index (χ1n) is 6.59. The zero-order valence-corrected chi connectivity index (χ0v) is 11.9. The second-order valence-electron chi connectivity index (χ2n) is 4.60. The number of nitrogens with zero attached hydrogens (tertiary/aromatic N) is 3. The maximum absolute atomic E-state index is 11.9. The van der Waals surface area contributed by atoms with Crippen LogP contribution < -0.4 is 10.6 Å². The predicted octanol–water partition coefficient (Wildman–Crippen LogP) is 2.23. The molecule has 1 heterocycles. The number of rotatable bonds is 4. The summed E-state index contributed by atoms with van der Waals surface area (Å²) in [5, 5.41) is 23.8. The predicted molar refractivity (Wildman–Crippen MR) is 81.6 cm³/mol. The average molecular weight is 313 g/mol. The van der Waals surface area contributed by atoms with E-state index in [0.29, 0.717) is 16.9 Å². The molecule has 0 fully saturated rings. The van der Waals surface area contributed by atoms with E-state index in [1.165, 1.54) is 19.2 Å². The normalized spacial score (nSPS) is 10.5. The van der Waals surface area contributed by atoms with Gasteiger partial charge >= 0.3 is 5.69 Å². The van der Waals surface area contributed by atoms with Crippen LogP contribution in [0.3, 0.4) is 0 Å². The fraction of sp³-hybridized carbons (Fsp3) is 0.0714. The Morgan fingerprint density at radius 1 is 1.13 bits per heavy atom. The molecule has 1 amide bonds. The molecule has 23 heavy (non-hydrogen) atoms. The lowest BCUT2D eigenvalue weighted by Crippen LogP contribution is -2.19. The van der Waals surface area contributed by atoms with Crippen molar-refractivity contribution < 1.29 is 14.3 Å². The van der Waals surface area contributed by atoms with Gasteiger partial charge in [-0.15, -0.1) is 0 Å². The van der Waals surface area contributed by atoms with Crippen molar-refractivity contribution in [1.29, 1.82) is 0 Å². The Balaban J connectivity index is 2.07. The number of para-hydroxylation sites is 1. The summed E-state index contributed by atoms with van der Waals surface area (Å²) < 4.78 is 4.61. The van der Waals surface area contributed by atoms with Crippen molar-refractivity contribution in [1.82, 2.24) is 15.6 Å². The van der Waals surface area contributed by atoms with Crippen LogP contribution in [0.5, 0.6) is 0 Å². The molecule has 116 valence electrons. The van der Waals surface area contributed by atoms with Gasteiger partial charge in [0.1, 0.15) is 0 Å². The minimum absolute atomic E-state index is 0.0393. The van der Waals surface area contributed by atoms with Crippen LogP contribution in [0.2, 0.25) is 0 Å². The van der Waals surface area contributed by atoms with Gasteiger partial charge < -0.3 is 10.6 Å². The van der Waals surface area contributed by atoms with E-state index in [2.05, 4.69) is 25.6 Å². The van der Waals surface area contributed by atoms with Crippen LogP contribution in [-0.4, -0.2) is 28.2 Å². The van der Waals surface area contributed by atoms with Gasteiger partial charge in [-0.3, -0.25) is 14.9 Å². The van der Waals surface area contributed by atoms with Crippen molar-refractivity contribution in [2.75, 3.05) is 12.4 Å². The molecule has 3 rings (SSSR count). The quantitative estimate of drug-likeness (QED) is 0.559. The summed E-state index contributed by atoms with van der Waals surface area (Å²) in [6.45, 7) is 0. The van der Waals surface area contributed by atoms with Crippen molar-refractivity contribution in [3.63, 3.8) is 0 Å². The Kier molecular flexibility index (Phi) is 3.59. The van der Waals surface area contributed by atoms with Crippen LogP contribution in [0.4, 0.5) is 17.1 Å². The van der Waals surface area contributed by atoms with Gasteiger partial charge in [0, 0.05) is 13.1 Å². The highest BCUT2D eigenvalue weighted by molar-refractivity contribution is 6.02. The lowest BCUT2D eigenvalue weighted by molar-refractivity contribution is -0.383.